The monoisotopic (exact) mass is 114 g/mol. The van der Waals surface area contributed by atoms with Crippen LogP contribution >= 0.6 is 0 Å². The lowest BCUT2D eigenvalue weighted by Gasteiger charge is -1.92. The first-order valence-corrected chi connectivity index (χ1v) is 2.58. The SMILES string of the molecule is O=C1[CH]COCCN1. The van der Waals surface area contributed by atoms with Gasteiger partial charge in [0.25, 0.3) is 0 Å². The topological polar surface area (TPSA) is 38.3 Å². The van der Waals surface area contributed by atoms with E-state index >= 15 is 0 Å². The van der Waals surface area contributed by atoms with Gasteiger partial charge in [-0.25, -0.2) is 0 Å². The zero-order valence-corrected chi connectivity index (χ0v) is 4.52. The first-order chi connectivity index (χ1) is 3.89. The van der Waals surface area contributed by atoms with Crippen LogP contribution in [0.5, 0.6) is 0 Å². The fourth-order valence-corrected chi connectivity index (χ4v) is 0.537. The van der Waals surface area contributed by atoms with Gasteiger partial charge in [-0.1, -0.05) is 0 Å². The first kappa shape index (κ1) is 5.56. The van der Waals surface area contributed by atoms with Gasteiger partial charge in [0, 0.05) is 6.54 Å². The normalized spacial score (nSPS) is 21.8. The Morgan fingerprint density at radius 2 is 2.62 bits per heavy atom. The molecule has 1 saturated heterocycles. The summed E-state index contributed by atoms with van der Waals surface area (Å²) in [4.78, 5) is 10.4. The maximum atomic E-state index is 10.4. The molecule has 1 aliphatic rings. The lowest BCUT2D eigenvalue weighted by molar-refractivity contribution is -0.117. The Kier molecular flexibility index (Phi) is 1.86. The number of nitrogens with one attached hydrogen (secondary N) is 1. The van der Waals surface area contributed by atoms with Crippen LogP contribution in [0.2, 0.25) is 0 Å². The molecule has 0 aromatic heterocycles. The number of carbonyl (C=O) groups excluding carboxylic acids is 1. The third-order valence-electron chi connectivity index (χ3n) is 0.932. The van der Waals surface area contributed by atoms with Crippen molar-refractivity contribution in [1.82, 2.24) is 5.32 Å². The summed E-state index contributed by atoms with van der Waals surface area (Å²) in [5.74, 6) is -0.0255. The number of hydrogen-bond acceptors (Lipinski definition) is 2. The number of rotatable bonds is 0. The Balaban J connectivity index is 2.27. The van der Waals surface area contributed by atoms with Gasteiger partial charge in [0.2, 0.25) is 5.91 Å². The van der Waals surface area contributed by atoms with Crippen LogP contribution in [-0.4, -0.2) is 25.7 Å². The highest BCUT2D eigenvalue weighted by molar-refractivity contribution is 5.84. The van der Waals surface area contributed by atoms with Gasteiger partial charge >= 0.3 is 0 Å². The van der Waals surface area contributed by atoms with Crippen molar-refractivity contribution in [2.24, 2.45) is 0 Å². The van der Waals surface area contributed by atoms with E-state index in [0.717, 1.165) is 0 Å². The van der Waals surface area contributed by atoms with E-state index in [1.54, 1.807) is 0 Å². The highest BCUT2D eigenvalue weighted by Gasteiger charge is 2.03. The van der Waals surface area contributed by atoms with Gasteiger partial charge in [-0.3, -0.25) is 4.79 Å². The minimum Gasteiger partial charge on any atom is -0.379 e. The minimum atomic E-state index is -0.0255. The van der Waals surface area contributed by atoms with Crippen LogP contribution in [0.15, 0.2) is 0 Å². The standard InChI is InChI=1S/C5H8NO2/c7-5-1-3-8-4-2-6-5/h1H,2-4H2,(H,6,7). The summed E-state index contributed by atoms with van der Waals surface area (Å²) < 4.78 is 4.93. The molecule has 8 heavy (non-hydrogen) atoms. The fraction of sp³-hybridized carbons (Fsp3) is 0.600. The van der Waals surface area contributed by atoms with Gasteiger partial charge in [-0.15, -0.1) is 0 Å². The van der Waals surface area contributed by atoms with Crippen LogP contribution in [0.3, 0.4) is 0 Å². The lowest BCUT2D eigenvalue weighted by Crippen LogP contribution is -2.23. The highest BCUT2D eigenvalue weighted by atomic mass is 16.5. The maximum Gasteiger partial charge on any atom is 0.226 e. The molecule has 0 unspecified atom stereocenters. The summed E-state index contributed by atoms with van der Waals surface area (Å²) in [6, 6.07) is 0. The summed E-state index contributed by atoms with van der Waals surface area (Å²) >= 11 is 0. The summed E-state index contributed by atoms with van der Waals surface area (Å²) in [5, 5.41) is 2.62. The van der Waals surface area contributed by atoms with Crippen molar-refractivity contribution in [3.63, 3.8) is 0 Å². The van der Waals surface area contributed by atoms with Crippen molar-refractivity contribution < 1.29 is 9.53 Å². The van der Waals surface area contributed by atoms with Crippen LogP contribution in [0.1, 0.15) is 0 Å². The molecule has 1 rings (SSSR count). The highest BCUT2D eigenvalue weighted by Crippen LogP contribution is 1.85. The van der Waals surface area contributed by atoms with E-state index in [-0.39, 0.29) is 5.91 Å². The second-order valence-electron chi connectivity index (χ2n) is 1.57. The molecule has 3 heteroatoms. The van der Waals surface area contributed by atoms with Crippen molar-refractivity contribution in [3.8, 4) is 0 Å². The first-order valence-electron chi connectivity index (χ1n) is 2.58. The summed E-state index contributed by atoms with van der Waals surface area (Å²) in [6.07, 6.45) is 1.49. The molecule has 45 valence electrons. The van der Waals surface area contributed by atoms with Crippen molar-refractivity contribution in [2.45, 2.75) is 0 Å². The molecule has 1 fully saturated rings. The predicted molar refractivity (Wildman–Crippen MR) is 28.1 cm³/mol. The van der Waals surface area contributed by atoms with E-state index in [0.29, 0.717) is 19.8 Å². The minimum absolute atomic E-state index is 0.0255. The van der Waals surface area contributed by atoms with Crippen LogP contribution in [0.4, 0.5) is 0 Å². The Morgan fingerprint density at radius 3 is 3.50 bits per heavy atom. The zero-order chi connectivity index (χ0) is 5.82. The number of carbonyl (C=O) groups is 1. The molecule has 0 atom stereocenters. The summed E-state index contributed by atoms with van der Waals surface area (Å²) in [6.45, 7) is 1.71. The molecular formula is C5H8NO2. The smallest absolute Gasteiger partial charge is 0.226 e. The number of amides is 1. The summed E-state index contributed by atoms with van der Waals surface area (Å²) in [7, 11) is 0. The van der Waals surface area contributed by atoms with E-state index in [1.807, 2.05) is 0 Å². The van der Waals surface area contributed by atoms with Crippen LogP contribution in [0.25, 0.3) is 0 Å². The van der Waals surface area contributed by atoms with Crippen LogP contribution in [0, 0.1) is 6.42 Å². The molecule has 0 aromatic carbocycles. The molecule has 0 bridgehead atoms. The van der Waals surface area contributed by atoms with Crippen LogP contribution in [-0.2, 0) is 9.53 Å². The van der Waals surface area contributed by atoms with Gasteiger partial charge in [-0.05, 0) is 0 Å². The number of ether oxygens (including phenoxy) is 1. The van der Waals surface area contributed by atoms with E-state index in [4.69, 9.17) is 4.74 Å². The molecule has 0 aliphatic carbocycles. The van der Waals surface area contributed by atoms with E-state index in [9.17, 15) is 4.79 Å². The summed E-state index contributed by atoms with van der Waals surface area (Å²) in [5.41, 5.74) is 0. The molecule has 1 radical (unpaired) electrons. The average molecular weight is 114 g/mol. The van der Waals surface area contributed by atoms with Crippen molar-refractivity contribution in [1.29, 1.82) is 0 Å². The molecule has 1 heterocycles. The lowest BCUT2D eigenvalue weighted by atomic mass is 10.4. The van der Waals surface area contributed by atoms with Gasteiger partial charge in [0.05, 0.1) is 19.6 Å². The zero-order valence-electron chi connectivity index (χ0n) is 4.52. The van der Waals surface area contributed by atoms with E-state index in [1.165, 1.54) is 6.42 Å². The third kappa shape index (κ3) is 1.50. The molecule has 0 saturated carbocycles. The molecule has 1 N–H and O–H groups in total. The maximum absolute atomic E-state index is 10.4. The Morgan fingerprint density at radius 1 is 1.75 bits per heavy atom. The van der Waals surface area contributed by atoms with E-state index in [2.05, 4.69) is 5.32 Å². The quantitative estimate of drug-likeness (QED) is 0.454. The second kappa shape index (κ2) is 2.67. The largest absolute Gasteiger partial charge is 0.379 e. The Bertz CT molecular complexity index is 82.4. The third-order valence-corrected chi connectivity index (χ3v) is 0.932. The van der Waals surface area contributed by atoms with E-state index < -0.39 is 0 Å². The molecule has 0 aromatic rings. The van der Waals surface area contributed by atoms with Gasteiger partial charge in [0.15, 0.2) is 0 Å². The Labute approximate surface area is 48.0 Å². The molecule has 0 spiro atoms. The average Bonchev–Trinajstić information content (AvgIpc) is 1.94. The molecular weight excluding hydrogens is 106 g/mol. The molecule has 1 aliphatic heterocycles. The predicted octanol–water partition coefficient (Wildman–Crippen LogP) is -0.663. The van der Waals surface area contributed by atoms with Crippen molar-refractivity contribution >= 4 is 5.91 Å². The number of hydrogen-bond donors (Lipinski definition) is 1. The second-order valence-corrected chi connectivity index (χ2v) is 1.57. The van der Waals surface area contributed by atoms with Gasteiger partial charge in [-0.2, -0.15) is 0 Å². The van der Waals surface area contributed by atoms with Gasteiger partial charge in [0.1, 0.15) is 0 Å². The van der Waals surface area contributed by atoms with Crippen LogP contribution < -0.4 is 5.32 Å². The van der Waals surface area contributed by atoms with Gasteiger partial charge < -0.3 is 10.1 Å². The molecule has 1 amide bonds. The Hall–Kier alpha value is -0.570. The fourth-order valence-electron chi connectivity index (χ4n) is 0.537. The molecule has 3 nitrogen and oxygen atoms in total. The van der Waals surface area contributed by atoms with Crippen molar-refractivity contribution in [3.05, 3.63) is 6.42 Å². The van der Waals surface area contributed by atoms with Crippen molar-refractivity contribution in [2.75, 3.05) is 19.8 Å².